The first-order valence-corrected chi connectivity index (χ1v) is 8.88. The van der Waals surface area contributed by atoms with Gasteiger partial charge in [-0.1, -0.05) is 24.3 Å². The first-order chi connectivity index (χ1) is 13.9. The Hall–Kier alpha value is -3.54. The van der Waals surface area contributed by atoms with E-state index >= 15 is 0 Å². The number of ketones is 1. The van der Waals surface area contributed by atoms with Crippen molar-refractivity contribution in [3.8, 4) is 5.75 Å². The third-order valence-electron chi connectivity index (χ3n) is 4.49. The van der Waals surface area contributed by atoms with E-state index in [9.17, 15) is 18.4 Å². The van der Waals surface area contributed by atoms with Crippen LogP contribution in [-0.2, 0) is 6.54 Å². The van der Waals surface area contributed by atoms with Crippen LogP contribution < -0.4 is 4.74 Å². The normalized spacial score (nSPS) is 10.5. The molecule has 4 nitrogen and oxygen atoms in total. The number of hydrogen-bond donors (Lipinski definition) is 0. The van der Waals surface area contributed by atoms with Crippen LogP contribution in [0.1, 0.15) is 31.8 Å². The minimum Gasteiger partial charge on any atom is -0.494 e. The van der Waals surface area contributed by atoms with Gasteiger partial charge in [0.25, 0.3) is 5.91 Å². The molecule has 0 fully saturated rings. The van der Waals surface area contributed by atoms with Crippen LogP contribution >= 0.6 is 0 Å². The van der Waals surface area contributed by atoms with Gasteiger partial charge >= 0.3 is 0 Å². The lowest BCUT2D eigenvalue weighted by Gasteiger charge is -2.19. The summed E-state index contributed by atoms with van der Waals surface area (Å²) < 4.78 is 32.0. The maximum atomic E-state index is 13.9. The predicted molar refractivity (Wildman–Crippen MR) is 105 cm³/mol. The van der Waals surface area contributed by atoms with Crippen LogP contribution in [0.25, 0.3) is 0 Å². The van der Waals surface area contributed by atoms with Crippen LogP contribution in [0.4, 0.5) is 8.78 Å². The number of nitrogens with zero attached hydrogens (tertiary/aromatic N) is 1. The van der Waals surface area contributed by atoms with Crippen molar-refractivity contribution in [1.82, 2.24) is 4.90 Å². The molecule has 6 heteroatoms. The Labute approximate surface area is 167 Å². The molecule has 148 valence electrons. The van der Waals surface area contributed by atoms with Crippen molar-refractivity contribution in [2.75, 3.05) is 14.2 Å². The summed E-state index contributed by atoms with van der Waals surface area (Å²) in [6.07, 6.45) is 0. The summed E-state index contributed by atoms with van der Waals surface area (Å²) in [7, 11) is 2.95. The van der Waals surface area contributed by atoms with Gasteiger partial charge in [-0.15, -0.1) is 0 Å². The third-order valence-corrected chi connectivity index (χ3v) is 4.49. The van der Waals surface area contributed by atoms with E-state index in [1.165, 1.54) is 48.4 Å². The van der Waals surface area contributed by atoms with Crippen LogP contribution in [0.3, 0.4) is 0 Å². The lowest BCUT2D eigenvalue weighted by Crippen LogP contribution is -2.28. The zero-order chi connectivity index (χ0) is 21.0. The average molecular weight is 395 g/mol. The molecule has 3 aromatic rings. The molecule has 3 aromatic carbocycles. The summed E-state index contributed by atoms with van der Waals surface area (Å²) >= 11 is 0. The van der Waals surface area contributed by atoms with E-state index in [4.69, 9.17) is 4.74 Å². The Balaban J connectivity index is 1.84. The Kier molecular flexibility index (Phi) is 6.02. The highest BCUT2D eigenvalue weighted by Crippen LogP contribution is 2.21. The van der Waals surface area contributed by atoms with E-state index in [0.29, 0.717) is 5.56 Å². The van der Waals surface area contributed by atoms with E-state index in [1.807, 2.05) is 0 Å². The largest absolute Gasteiger partial charge is 0.494 e. The lowest BCUT2D eigenvalue weighted by molar-refractivity contribution is 0.0780. The van der Waals surface area contributed by atoms with Crippen LogP contribution in [0, 0.1) is 11.6 Å². The van der Waals surface area contributed by atoms with Crippen molar-refractivity contribution in [2.45, 2.75) is 6.54 Å². The van der Waals surface area contributed by atoms with Gasteiger partial charge in [0.15, 0.2) is 17.3 Å². The fourth-order valence-corrected chi connectivity index (χ4v) is 2.98. The second-order valence-corrected chi connectivity index (χ2v) is 6.51. The SMILES string of the molecule is COc1ccc(CN(C)C(=O)c2ccccc2C(=O)c2ccc(F)cc2)cc1F. The zero-order valence-corrected chi connectivity index (χ0v) is 16.0. The number of carbonyl (C=O) groups is 2. The van der Waals surface area contributed by atoms with E-state index < -0.39 is 11.6 Å². The Bertz CT molecular complexity index is 1050. The predicted octanol–water partition coefficient (Wildman–Crippen LogP) is 4.48. The number of amides is 1. The fourth-order valence-electron chi connectivity index (χ4n) is 2.98. The number of hydrogen-bond acceptors (Lipinski definition) is 3. The Morgan fingerprint density at radius 2 is 1.59 bits per heavy atom. The fraction of sp³-hybridized carbons (Fsp3) is 0.130. The van der Waals surface area contributed by atoms with Crippen molar-refractivity contribution in [1.29, 1.82) is 0 Å². The number of ether oxygens (including phenoxy) is 1. The monoisotopic (exact) mass is 395 g/mol. The van der Waals surface area contributed by atoms with Gasteiger partial charge in [0.05, 0.1) is 12.7 Å². The maximum absolute atomic E-state index is 13.9. The highest BCUT2D eigenvalue weighted by Gasteiger charge is 2.21. The lowest BCUT2D eigenvalue weighted by atomic mass is 9.97. The van der Waals surface area contributed by atoms with E-state index in [-0.39, 0.29) is 40.7 Å². The smallest absolute Gasteiger partial charge is 0.254 e. The quantitative estimate of drug-likeness (QED) is 0.579. The van der Waals surface area contributed by atoms with Gasteiger partial charge in [0, 0.05) is 24.7 Å². The minimum absolute atomic E-state index is 0.123. The number of benzene rings is 3. The number of halogens is 2. The van der Waals surface area contributed by atoms with Crippen molar-refractivity contribution in [2.24, 2.45) is 0 Å². The Morgan fingerprint density at radius 3 is 2.21 bits per heavy atom. The molecule has 0 aromatic heterocycles. The van der Waals surface area contributed by atoms with Crippen LogP contribution in [0.15, 0.2) is 66.7 Å². The molecule has 0 aliphatic rings. The second-order valence-electron chi connectivity index (χ2n) is 6.51. The first kappa shape index (κ1) is 20.2. The number of rotatable bonds is 6. The number of methoxy groups -OCH3 is 1. The Morgan fingerprint density at radius 1 is 0.931 bits per heavy atom. The van der Waals surface area contributed by atoms with Crippen molar-refractivity contribution in [3.63, 3.8) is 0 Å². The van der Waals surface area contributed by atoms with Gasteiger partial charge in [0.2, 0.25) is 0 Å². The molecule has 0 atom stereocenters. The molecule has 0 saturated carbocycles. The maximum Gasteiger partial charge on any atom is 0.254 e. The first-order valence-electron chi connectivity index (χ1n) is 8.88. The summed E-state index contributed by atoms with van der Waals surface area (Å²) in [5.74, 6) is -1.60. The molecule has 0 bridgehead atoms. The highest BCUT2D eigenvalue weighted by atomic mass is 19.1. The highest BCUT2D eigenvalue weighted by molar-refractivity contribution is 6.15. The molecular formula is C23H19F2NO3. The minimum atomic E-state index is -0.516. The van der Waals surface area contributed by atoms with Crippen LogP contribution in [0.5, 0.6) is 5.75 Å². The molecule has 0 heterocycles. The van der Waals surface area contributed by atoms with Crippen molar-refractivity contribution >= 4 is 11.7 Å². The molecular weight excluding hydrogens is 376 g/mol. The molecule has 0 saturated heterocycles. The molecule has 0 aliphatic heterocycles. The van der Waals surface area contributed by atoms with E-state index in [2.05, 4.69) is 0 Å². The third kappa shape index (κ3) is 4.48. The van der Waals surface area contributed by atoms with E-state index in [1.54, 1.807) is 37.4 Å². The molecule has 0 aliphatic carbocycles. The van der Waals surface area contributed by atoms with Gasteiger partial charge in [-0.3, -0.25) is 9.59 Å². The summed E-state index contributed by atoms with van der Waals surface area (Å²) in [5, 5.41) is 0. The molecule has 29 heavy (non-hydrogen) atoms. The van der Waals surface area contributed by atoms with E-state index in [0.717, 1.165) is 0 Å². The van der Waals surface area contributed by atoms with Crippen LogP contribution in [-0.4, -0.2) is 30.7 Å². The summed E-state index contributed by atoms with van der Waals surface area (Å²) in [5.41, 5.74) is 1.31. The summed E-state index contributed by atoms with van der Waals surface area (Å²) in [4.78, 5) is 27.2. The van der Waals surface area contributed by atoms with Gasteiger partial charge in [-0.05, 0) is 48.0 Å². The standard InChI is InChI=1S/C23H19F2NO3/c1-26(14-15-7-12-21(29-2)20(25)13-15)23(28)19-6-4-3-5-18(19)22(27)16-8-10-17(24)11-9-16/h3-13H,14H2,1-2H3. The molecule has 0 radical (unpaired) electrons. The van der Waals surface area contributed by atoms with Gasteiger partial charge in [-0.2, -0.15) is 0 Å². The topological polar surface area (TPSA) is 46.6 Å². The molecule has 0 unspecified atom stereocenters. The number of carbonyl (C=O) groups excluding carboxylic acids is 2. The molecule has 3 rings (SSSR count). The zero-order valence-electron chi connectivity index (χ0n) is 16.0. The van der Waals surface area contributed by atoms with Crippen molar-refractivity contribution in [3.05, 3.63) is 101 Å². The molecule has 1 amide bonds. The van der Waals surface area contributed by atoms with Gasteiger partial charge in [-0.25, -0.2) is 8.78 Å². The molecule has 0 N–H and O–H groups in total. The van der Waals surface area contributed by atoms with Crippen molar-refractivity contribution < 1.29 is 23.1 Å². The van der Waals surface area contributed by atoms with Crippen LogP contribution in [0.2, 0.25) is 0 Å². The summed E-state index contributed by atoms with van der Waals surface area (Å²) in [6, 6.07) is 16.1. The average Bonchev–Trinajstić information content (AvgIpc) is 2.73. The second kappa shape index (κ2) is 8.65. The molecule has 0 spiro atoms. The van der Waals surface area contributed by atoms with Gasteiger partial charge in [0.1, 0.15) is 5.82 Å². The summed E-state index contributed by atoms with van der Waals surface area (Å²) in [6.45, 7) is 0.152. The van der Waals surface area contributed by atoms with Gasteiger partial charge < -0.3 is 9.64 Å².